The maximum Gasteiger partial charge on any atom is 0.293 e. The lowest BCUT2D eigenvalue weighted by Gasteiger charge is -1.94. The first-order valence-corrected chi connectivity index (χ1v) is 5.31. The van der Waals surface area contributed by atoms with Crippen LogP contribution in [0.2, 0.25) is 0 Å². The third-order valence-electron chi connectivity index (χ3n) is 1.58. The summed E-state index contributed by atoms with van der Waals surface area (Å²) in [6, 6.07) is 3.80. The van der Waals surface area contributed by atoms with Crippen LogP contribution in [-0.2, 0) is 0 Å². The SMILES string of the molecule is O=c1cn[nH]c(=S)n1/N=C\c1cccs1. The van der Waals surface area contributed by atoms with Crippen LogP contribution in [0.4, 0.5) is 0 Å². The van der Waals surface area contributed by atoms with Crippen molar-refractivity contribution in [3.63, 3.8) is 0 Å². The second-order valence-corrected chi connectivity index (χ2v) is 3.95. The summed E-state index contributed by atoms with van der Waals surface area (Å²) in [5.74, 6) is 0. The molecule has 0 radical (unpaired) electrons. The summed E-state index contributed by atoms with van der Waals surface area (Å²) >= 11 is 6.40. The highest BCUT2D eigenvalue weighted by Gasteiger charge is 1.94. The van der Waals surface area contributed by atoms with Gasteiger partial charge in [-0.3, -0.25) is 9.89 Å². The van der Waals surface area contributed by atoms with Crippen molar-refractivity contribution < 1.29 is 0 Å². The highest BCUT2D eigenvalue weighted by Crippen LogP contribution is 2.04. The van der Waals surface area contributed by atoms with Gasteiger partial charge < -0.3 is 0 Å². The largest absolute Gasteiger partial charge is 0.293 e. The number of hydrogen-bond donors (Lipinski definition) is 1. The van der Waals surface area contributed by atoms with Gasteiger partial charge in [-0.1, -0.05) is 6.07 Å². The second-order valence-electron chi connectivity index (χ2n) is 2.59. The van der Waals surface area contributed by atoms with Gasteiger partial charge >= 0.3 is 0 Å². The van der Waals surface area contributed by atoms with Crippen molar-refractivity contribution in [2.45, 2.75) is 0 Å². The number of hydrogen-bond acceptors (Lipinski definition) is 5. The molecule has 0 atom stereocenters. The van der Waals surface area contributed by atoms with Gasteiger partial charge in [-0.15, -0.1) is 11.3 Å². The van der Waals surface area contributed by atoms with Crippen LogP contribution < -0.4 is 5.56 Å². The minimum absolute atomic E-state index is 0.176. The fourth-order valence-corrected chi connectivity index (χ4v) is 1.70. The van der Waals surface area contributed by atoms with Crippen molar-refractivity contribution >= 4 is 29.8 Å². The van der Waals surface area contributed by atoms with Gasteiger partial charge in [0, 0.05) is 4.88 Å². The van der Waals surface area contributed by atoms with Crippen molar-refractivity contribution in [3.8, 4) is 0 Å². The molecule has 2 rings (SSSR count). The Kier molecular flexibility index (Phi) is 2.84. The standard InChI is InChI=1S/C8H6N4OS2/c13-7-5-9-11-8(14)12(7)10-4-6-2-1-3-15-6/h1-5H,(H,11,14)/b10-4-. The van der Waals surface area contributed by atoms with Gasteiger partial charge in [-0.05, 0) is 23.7 Å². The first-order chi connectivity index (χ1) is 7.27. The maximum atomic E-state index is 11.3. The van der Waals surface area contributed by atoms with Crippen molar-refractivity contribution in [1.29, 1.82) is 0 Å². The first-order valence-electron chi connectivity index (χ1n) is 4.02. The molecule has 0 aliphatic heterocycles. The van der Waals surface area contributed by atoms with E-state index in [0.29, 0.717) is 0 Å². The summed E-state index contributed by atoms with van der Waals surface area (Å²) < 4.78 is 1.26. The lowest BCUT2D eigenvalue weighted by atomic mass is 10.5. The van der Waals surface area contributed by atoms with E-state index in [-0.39, 0.29) is 10.3 Å². The molecule has 2 aromatic heterocycles. The normalized spacial score (nSPS) is 10.9. The van der Waals surface area contributed by atoms with E-state index in [2.05, 4.69) is 15.3 Å². The van der Waals surface area contributed by atoms with E-state index >= 15 is 0 Å². The Hall–Kier alpha value is -1.60. The number of H-pyrrole nitrogens is 1. The summed E-state index contributed by atoms with van der Waals surface area (Å²) in [6.07, 6.45) is 2.71. The highest BCUT2D eigenvalue weighted by molar-refractivity contribution is 7.71. The Balaban J connectivity index is 2.41. The molecule has 2 heterocycles. The fourth-order valence-electron chi connectivity index (χ4n) is 0.934. The quantitative estimate of drug-likeness (QED) is 0.632. The van der Waals surface area contributed by atoms with Crippen LogP contribution in [0.3, 0.4) is 0 Å². The predicted octanol–water partition coefficient (Wildman–Crippen LogP) is 1.24. The molecule has 0 aliphatic carbocycles. The maximum absolute atomic E-state index is 11.3. The lowest BCUT2D eigenvalue weighted by molar-refractivity contribution is 0.738. The Morgan fingerprint density at radius 3 is 3.20 bits per heavy atom. The average Bonchev–Trinajstić information content (AvgIpc) is 2.70. The van der Waals surface area contributed by atoms with E-state index in [0.717, 1.165) is 15.8 Å². The van der Waals surface area contributed by atoms with Crippen LogP contribution in [0, 0.1) is 4.77 Å². The molecule has 1 N–H and O–H groups in total. The van der Waals surface area contributed by atoms with Crippen LogP contribution in [0.15, 0.2) is 33.6 Å². The number of nitrogens with one attached hydrogen (secondary N) is 1. The van der Waals surface area contributed by atoms with E-state index in [1.807, 2.05) is 17.5 Å². The van der Waals surface area contributed by atoms with E-state index < -0.39 is 0 Å². The summed E-state index contributed by atoms with van der Waals surface area (Å²) in [7, 11) is 0. The zero-order valence-corrected chi connectivity index (χ0v) is 9.09. The Bertz CT molecular complexity index is 553. The molecule has 15 heavy (non-hydrogen) atoms. The number of thiophene rings is 1. The molecular formula is C8H6N4OS2. The van der Waals surface area contributed by atoms with Crippen LogP contribution in [0.25, 0.3) is 0 Å². The van der Waals surface area contributed by atoms with Gasteiger partial charge in [0.2, 0.25) is 4.77 Å². The first kappa shape index (κ1) is 9.94. The van der Waals surface area contributed by atoms with Crippen LogP contribution in [0.5, 0.6) is 0 Å². The van der Waals surface area contributed by atoms with Crippen molar-refractivity contribution in [1.82, 2.24) is 14.9 Å². The highest BCUT2D eigenvalue weighted by atomic mass is 32.1. The molecule has 0 saturated heterocycles. The smallest absolute Gasteiger partial charge is 0.265 e. The van der Waals surface area contributed by atoms with Crippen molar-refractivity contribution in [2.75, 3.05) is 0 Å². The zero-order valence-electron chi connectivity index (χ0n) is 7.45. The lowest BCUT2D eigenvalue weighted by Crippen LogP contribution is -2.18. The predicted molar refractivity (Wildman–Crippen MR) is 61.0 cm³/mol. The summed E-state index contributed by atoms with van der Waals surface area (Å²) in [5, 5.41) is 11.9. The van der Waals surface area contributed by atoms with E-state index in [1.165, 1.54) is 11.3 Å². The topological polar surface area (TPSA) is 63.0 Å². The van der Waals surface area contributed by atoms with E-state index in [4.69, 9.17) is 12.2 Å². The van der Waals surface area contributed by atoms with Gasteiger partial charge in [0.25, 0.3) is 5.56 Å². The summed E-state index contributed by atoms with van der Waals surface area (Å²) in [4.78, 5) is 12.3. The van der Waals surface area contributed by atoms with Crippen molar-refractivity contribution in [3.05, 3.63) is 43.7 Å². The number of rotatable bonds is 2. The monoisotopic (exact) mass is 238 g/mol. The average molecular weight is 238 g/mol. The molecule has 0 aliphatic rings. The molecule has 0 unspecified atom stereocenters. The molecule has 0 bridgehead atoms. The summed E-state index contributed by atoms with van der Waals surface area (Å²) in [5.41, 5.74) is -0.355. The molecule has 0 amide bonds. The molecule has 0 spiro atoms. The van der Waals surface area contributed by atoms with Gasteiger partial charge in [0.1, 0.15) is 6.20 Å². The molecular weight excluding hydrogens is 232 g/mol. The minimum atomic E-state index is -0.355. The molecule has 0 fully saturated rings. The molecule has 76 valence electrons. The number of nitrogens with zero attached hydrogens (tertiary/aromatic N) is 3. The third-order valence-corrected chi connectivity index (χ3v) is 2.65. The summed E-state index contributed by atoms with van der Waals surface area (Å²) in [6.45, 7) is 0. The molecule has 7 heteroatoms. The Morgan fingerprint density at radius 1 is 1.67 bits per heavy atom. The second kappa shape index (κ2) is 4.28. The van der Waals surface area contributed by atoms with Crippen LogP contribution >= 0.6 is 23.6 Å². The van der Waals surface area contributed by atoms with Gasteiger partial charge in [0.05, 0.1) is 6.21 Å². The van der Waals surface area contributed by atoms with Crippen LogP contribution in [-0.4, -0.2) is 21.1 Å². The molecule has 5 nitrogen and oxygen atoms in total. The van der Waals surface area contributed by atoms with Gasteiger partial charge in [-0.2, -0.15) is 14.9 Å². The van der Waals surface area contributed by atoms with Crippen LogP contribution in [0.1, 0.15) is 4.88 Å². The molecule has 0 saturated carbocycles. The third kappa shape index (κ3) is 2.25. The number of aromatic amines is 1. The fraction of sp³-hybridized carbons (Fsp3) is 0. The molecule has 0 aromatic carbocycles. The zero-order chi connectivity index (χ0) is 10.7. The van der Waals surface area contributed by atoms with E-state index in [9.17, 15) is 4.79 Å². The van der Waals surface area contributed by atoms with Crippen molar-refractivity contribution in [2.24, 2.45) is 5.10 Å². The molecule has 2 aromatic rings. The number of aromatic nitrogens is 3. The van der Waals surface area contributed by atoms with Gasteiger partial charge in [-0.25, -0.2) is 0 Å². The Morgan fingerprint density at radius 2 is 2.53 bits per heavy atom. The minimum Gasteiger partial charge on any atom is -0.265 e. The van der Waals surface area contributed by atoms with E-state index in [1.54, 1.807) is 6.21 Å². The van der Waals surface area contributed by atoms with Gasteiger partial charge in [0.15, 0.2) is 0 Å². The Labute approximate surface area is 93.7 Å².